The van der Waals surface area contributed by atoms with Crippen molar-refractivity contribution in [1.29, 1.82) is 0 Å². The minimum atomic E-state index is -0.559. The predicted molar refractivity (Wildman–Crippen MR) is 70.0 cm³/mol. The van der Waals surface area contributed by atoms with Crippen LogP contribution in [0.4, 0.5) is 0 Å². The zero-order chi connectivity index (χ0) is 13.1. The molecule has 0 unspecified atom stereocenters. The number of nitrogens with one attached hydrogen (secondary N) is 1. The molecular weight excluding hydrogens is 252 g/mol. The lowest BCUT2D eigenvalue weighted by atomic mass is 10.1. The van der Waals surface area contributed by atoms with Gasteiger partial charge in [0.05, 0.1) is 6.10 Å². The molecule has 1 fully saturated rings. The summed E-state index contributed by atoms with van der Waals surface area (Å²) in [5.41, 5.74) is 6.68. The number of nitrogens with two attached hydrogens (primary N) is 1. The van der Waals surface area contributed by atoms with Crippen molar-refractivity contribution in [1.82, 2.24) is 5.32 Å². The second-order valence-electron chi connectivity index (χ2n) is 4.74. The number of carbonyl (C=O) groups excluding carboxylic acids is 1. The van der Waals surface area contributed by atoms with Crippen LogP contribution in [-0.4, -0.2) is 23.2 Å². The van der Waals surface area contributed by atoms with E-state index in [1.807, 2.05) is 12.1 Å². The molecule has 4 nitrogen and oxygen atoms in total. The van der Waals surface area contributed by atoms with Crippen LogP contribution in [0, 0.1) is 5.92 Å². The minimum absolute atomic E-state index is 0.0445. The minimum Gasteiger partial charge on any atom is -0.391 e. The van der Waals surface area contributed by atoms with Gasteiger partial charge >= 0.3 is 0 Å². The van der Waals surface area contributed by atoms with Gasteiger partial charge in [0.2, 0.25) is 5.91 Å². The van der Waals surface area contributed by atoms with Crippen molar-refractivity contribution >= 4 is 17.5 Å². The van der Waals surface area contributed by atoms with Gasteiger partial charge in [-0.2, -0.15) is 0 Å². The van der Waals surface area contributed by atoms with Crippen molar-refractivity contribution in [3.63, 3.8) is 0 Å². The molecule has 18 heavy (non-hydrogen) atoms. The van der Waals surface area contributed by atoms with Gasteiger partial charge in [-0.3, -0.25) is 4.79 Å². The third kappa shape index (κ3) is 3.22. The van der Waals surface area contributed by atoms with Gasteiger partial charge in [0, 0.05) is 23.5 Å². The summed E-state index contributed by atoms with van der Waals surface area (Å²) in [5, 5.41) is 13.0. The molecule has 1 aromatic carbocycles. The Hall–Kier alpha value is -1.10. The molecule has 1 aliphatic rings. The maximum atomic E-state index is 11.9. The van der Waals surface area contributed by atoms with Crippen LogP contribution in [-0.2, 0) is 11.3 Å². The van der Waals surface area contributed by atoms with Crippen molar-refractivity contribution in [3.8, 4) is 0 Å². The van der Waals surface area contributed by atoms with E-state index in [1.54, 1.807) is 12.1 Å². The van der Waals surface area contributed by atoms with Gasteiger partial charge < -0.3 is 16.2 Å². The third-order valence-corrected chi connectivity index (χ3v) is 3.58. The second kappa shape index (κ2) is 5.69. The van der Waals surface area contributed by atoms with E-state index >= 15 is 0 Å². The van der Waals surface area contributed by atoms with Crippen LogP contribution in [0.5, 0.6) is 0 Å². The average molecular weight is 269 g/mol. The Bertz CT molecular complexity index is 412. The lowest BCUT2D eigenvalue weighted by molar-refractivity contribution is -0.125. The van der Waals surface area contributed by atoms with E-state index in [0.29, 0.717) is 24.4 Å². The lowest BCUT2D eigenvalue weighted by Gasteiger charge is -2.10. The van der Waals surface area contributed by atoms with Gasteiger partial charge in [-0.15, -0.1) is 0 Å². The number of aliphatic hydroxyl groups excluding tert-OH is 1. The topological polar surface area (TPSA) is 75.4 Å². The van der Waals surface area contributed by atoms with Gasteiger partial charge in [0.25, 0.3) is 0 Å². The van der Waals surface area contributed by atoms with E-state index in [2.05, 4.69) is 5.32 Å². The predicted octanol–water partition coefficient (Wildman–Crippen LogP) is 1.05. The summed E-state index contributed by atoms with van der Waals surface area (Å²) < 4.78 is 0. The van der Waals surface area contributed by atoms with Crippen LogP contribution in [0.15, 0.2) is 24.3 Å². The second-order valence-corrected chi connectivity index (χ2v) is 5.18. The number of amides is 1. The first-order chi connectivity index (χ1) is 8.56. The quantitative estimate of drug-likeness (QED) is 0.767. The highest BCUT2D eigenvalue weighted by atomic mass is 35.5. The number of benzene rings is 1. The monoisotopic (exact) mass is 268 g/mol. The van der Waals surface area contributed by atoms with Crippen LogP contribution < -0.4 is 11.1 Å². The molecule has 2 rings (SSSR count). The summed E-state index contributed by atoms with van der Waals surface area (Å²) in [6.45, 7) is 0.470. The lowest BCUT2D eigenvalue weighted by Crippen LogP contribution is -2.30. The van der Waals surface area contributed by atoms with E-state index in [-0.39, 0.29) is 17.9 Å². The van der Waals surface area contributed by atoms with Crippen LogP contribution in [0.3, 0.4) is 0 Å². The molecule has 0 heterocycles. The van der Waals surface area contributed by atoms with Crippen LogP contribution in [0.25, 0.3) is 0 Å². The largest absolute Gasteiger partial charge is 0.391 e. The fourth-order valence-corrected chi connectivity index (χ4v) is 2.32. The molecule has 1 saturated carbocycles. The number of hydrogen-bond acceptors (Lipinski definition) is 3. The molecule has 0 radical (unpaired) electrons. The van der Waals surface area contributed by atoms with E-state index < -0.39 is 6.10 Å². The Labute approximate surface area is 111 Å². The van der Waals surface area contributed by atoms with Crippen molar-refractivity contribution in [2.24, 2.45) is 11.7 Å². The van der Waals surface area contributed by atoms with Crippen LogP contribution >= 0.6 is 11.6 Å². The molecule has 5 heteroatoms. The molecule has 1 aliphatic carbocycles. The molecule has 0 aliphatic heterocycles. The summed E-state index contributed by atoms with van der Waals surface area (Å²) in [4.78, 5) is 11.9. The van der Waals surface area contributed by atoms with Gasteiger partial charge in [-0.05, 0) is 30.5 Å². The summed E-state index contributed by atoms with van der Waals surface area (Å²) >= 11 is 5.78. The van der Waals surface area contributed by atoms with Crippen molar-refractivity contribution in [3.05, 3.63) is 34.9 Å². The maximum absolute atomic E-state index is 11.9. The van der Waals surface area contributed by atoms with Crippen molar-refractivity contribution in [2.45, 2.75) is 31.5 Å². The fraction of sp³-hybridized carbons (Fsp3) is 0.462. The number of aliphatic hydroxyl groups is 1. The summed E-state index contributed by atoms with van der Waals surface area (Å²) in [6, 6.07) is 7.04. The Balaban J connectivity index is 1.83. The van der Waals surface area contributed by atoms with Crippen molar-refractivity contribution in [2.75, 3.05) is 0 Å². The molecule has 1 aromatic rings. The van der Waals surface area contributed by atoms with Crippen molar-refractivity contribution < 1.29 is 9.90 Å². The molecule has 98 valence electrons. The van der Waals surface area contributed by atoms with Gasteiger partial charge in [-0.1, -0.05) is 23.7 Å². The molecule has 0 aromatic heterocycles. The first-order valence-corrected chi connectivity index (χ1v) is 6.40. The Morgan fingerprint density at radius 3 is 2.61 bits per heavy atom. The highest BCUT2D eigenvalue weighted by molar-refractivity contribution is 6.30. The molecule has 1 amide bonds. The van der Waals surface area contributed by atoms with Gasteiger partial charge in [-0.25, -0.2) is 0 Å². The smallest absolute Gasteiger partial charge is 0.223 e. The third-order valence-electron chi connectivity index (χ3n) is 3.33. The molecule has 4 N–H and O–H groups in total. The Kier molecular flexibility index (Phi) is 4.22. The molecule has 0 saturated heterocycles. The van der Waals surface area contributed by atoms with E-state index in [9.17, 15) is 9.90 Å². The Morgan fingerprint density at radius 2 is 2.06 bits per heavy atom. The van der Waals surface area contributed by atoms with E-state index in [4.69, 9.17) is 17.3 Å². The molecule has 3 atom stereocenters. The molecule has 0 bridgehead atoms. The number of rotatable bonds is 3. The fourth-order valence-electron chi connectivity index (χ4n) is 2.20. The maximum Gasteiger partial charge on any atom is 0.223 e. The highest BCUT2D eigenvalue weighted by Gasteiger charge is 2.34. The van der Waals surface area contributed by atoms with Crippen LogP contribution in [0.1, 0.15) is 18.4 Å². The Morgan fingerprint density at radius 1 is 1.39 bits per heavy atom. The zero-order valence-electron chi connectivity index (χ0n) is 9.97. The normalized spacial score (nSPS) is 27.2. The first kappa shape index (κ1) is 13.3. The van der Waals surface area contributed by atoms with E-state index in [1.165, 1.54) is 0 Å². The highest BCUT2D eigenvalue weighted by Crippen LogP contribution is 2.24. The van der Waals surface area contributed by atoms with Crippen LogP contribution in [0.2, 0.25) is 5.02 Å². The summed E-state index contributed by atoms with van der Waals surface area (Å²) in [7, 11) is 0. The average Bonchev–Trinajstić information content (AvgIpc) is 2.69. The van der Waals surface area contributed by atoms with E-state index in [0.717, 1.165) is 5.56 Å². The number of hydrogen-bond donors (Lipinski definition) is 3. The summed E-state index contributed by atoms with van der Waals surface area (Å²) in [5.74, 6) is -0.223. The zero-order valence-corrected chi connectivity index (χ0v) is 10.7. The molecular formula is C13H17ClN2O2. The standard InChI is InChI=1S/C13H17ClN2O2/c14-10-3-1-8(2-4-10)7-16-13(18)9-5-11(15)12(17)6-9/h1-4,9,11-12,17H,5-7,15H2,(H,16,18)/t9-,11-,12-/m0/s1. The number of halogens is 1. The number of carbonyl (C=O) groups is 1. The first-order valence-electron chi connectivity index (χ1n) is 6.02. The summed E-state index contributed by atoms with van der Waals surface area (Å²) in [6.07, 6.45) is 0.442. The SMILES string of the molecule is N[C@H]1C[C@H](C(=O)NCc2ccc(Cl)cc2)C[C@@H]1O. The molecule has 0 spiro atoms. The van der Waals surface area contributed by atoms with Gasteiger partial charge in [0.15, 0.2) is 0 Å². The van der Waals surface area contributed by atoms with Gasteiger partial charge in [0.1, 0.15) is 0 Å².